The molecular weight excluding hydrogens is 256 g/mol. The fraction of sp³-hybridized carbons (Fsp3) is 0.214. The van der Waals surface area contributed by atoms with E-state index in [2.05, 4.69) is 20.3 Å². The number of pyridine rings is 1. The van der Waals surface area contributed by atoms with Gasteiger partial charge in [0, 0.05) is 12.3 Å². The second-order valence-corrected chi connectivity index (χ2v) is 4.26. The van der Waals surface area contributed by atoms with Gasteiger partial charge in [-0.1, -0.05) is 0 Å². The van der Waals surface area contributed by atoms with Crippen LogP contribution < -0.4 is 10.1 Å². The molecule has 0 bridgehead atoms. The molecule has 6 nitrogen and oxygen atoms in total. The summed E-state index contributed by atoms with van der Waals surface area (Å²) in [6.45, 7) is 2.38. The number of methoxy groups -OCH3 is 1. The summed E-state index contributed by atoms with van der Waals surface area (Å²) in [5, 5.41) is 3.22. The van der Waals surface area contributed by atoms with Crippen LogP contribution in [-0.4, -0.2) is 22.1 Å². The minimum atomic E-state index is 0.539. The van der Waals surface area contributed by atoms with Gasteiger partial charge in [0.1, 0.15) is 28.4 Å². The Morgan fingerprint density at radius 1 is 1.25 bits per heavy atom. The Bertz CT molecular complexity index is 725. The first-order chi connectivity index (χ1) is 9.78. The number of fused-ring (bicyclic) bond motifs is 1. The Hall–Kier alpha value is -2.63. The molecule has 0 radical (unpaired) electrons. The Morgan fingerprint density at radius 2 is 2.15 bits per heavy atom. The number of hydrogen-bond donors (Lipinski definition) is 1. The number of hydrogen-bond acceptors (Lipinski definition) is 6. The molecule has 0 unspecified atom stereocenters. The van der Waals surface area contributed by atoms with Gasteiger partial charge in [-0.3, -0.25) is 4.98 Å². The van der Waals surface area contributed by atoms with Crippen molar-refractivity contribution in [3.05, 3.63) is 42.2 Å². The molecule has 1 N–H and O–H groups in total. The molecule has 0 fully saturated rings. The van der Waals surface area contributed by atoms with Crippen LogP contribution in [0.5, 0.6) is 5.75 Å². The molecule has 0 saturated carbocycles. The van der Waals surface area contributed by atoms with Crippen LogP contribution in [-0.2, 0) is 6.54 Å². The van der Waals surface area contributed by atoms with Crippen LogP contribution in [0, 0.1) is 6.92 Å². The predicted molar refractivity (Wildman–Crippen MR) is 74.7 cm³/mol. The topological polar surface area (TPSA) is 73.1 Å². The van der Waals surface area contributed by atoms with E-state index in [1.807, 2.05) is 19.1 Å². The standard InChI is InChI=1S/C14H14N4O2/c1-9-17-12-11(19-2)5-6-15-13(12)14(18-9)16-8-10-4-3-7-20-10/h3-7H,8H2,1-2H3,(H,16,17,18). The molecule has 0 saturated heterocycles. The molecular formula is C14H14N4O2. The largest absolute Gasteiger partial charge is 0.494 e. The van der Waals surface area contributed by atoms with Crippen molar-refractivity contribution in [3.8, 4) is 5.75 Å². The van der Waals surface area contributed by atoms with Gasteiger partial charge in [-0.05, 0) is 19.1 Å². The summed E-state index contributed by atoms with van der Waals surface area (Å²) in [5.74, 6) is 2.84. The lowest BCUT2D eigenvalue weighted by molar-refractivity contribution is 0.418. The fourth-order valence-electron chi connectivity index (χ4n) is 1.99. The Balaban J connectivity index is 2.01. The molecule has 0 amide bonds. The van der Waals surface area contributed by atoms with Crippen molar-refractivity contribution in [2.75, 3.05) is 12.4 Å². The second kappa shape index (κ2) is 5.16. The Labute approximate surface area is 115 Å². The normalized spacial score (nSPS) is 10.7. The van der Waals surface area contributed by atoms with Gasteiger partial charge in [-0.15, -0.1) is 0 Å². The zero-order valence-electron chi connectivity index (χ0n) is 11.3. The average Bonchev–Trinajstić information content (AvgIpc) is 2.97. The summed E-state index contributed by atoms with van der Waals surface area (Å²) in [4.78, 5) is 13.1. The molecule has 0 aliphatic rings. The van der Waals surface area contributed by atoms with Crippen LogP contribution in [0.1, 0.15) is 11.6 Å². The molecule has 3 rings (SSSR count). The number of nitrogens with zero attached hydrogens (tertiary/aromatic N) is 3. The Morgan fingerprint density at radius 3 is 2.90 bits per heavy atom. The van der Waals surface area contributed by atoms with Gasteiger partial charge in [0.15, 0.2) is 5.82 Å². The smallest absolute Gasteiger partial charge is 0.156 e. The molecule has 0 aliphatic heterocycles. The number of furan rings is 1. The van der Waals surface area contributed by atoms with Crippen molar-refractivity contribution < 1.29 is 9.15 Å². The first-order valence-corrected chi connectivity index (χ1v) is 6.21. The van der Waals surface area contributed by atoms with Crippen LogP contribution >= 0.6 is 0 Å². The summed E-state index contributed by atoms with van der Waals surface area (Å²) in [7, 11) is 1.61. The van der Waals surface area contributed by atoms with Crippen molar-refractivity contribution in [3.63, 3.8) is 0 Å². The third-order valence-corrected chi connectivity index (χ3v) is 2.89. The average molecular weight is 270 g/mol. The van der Waals surface area contributed by atoms with Gasteiger partial charge >= 0.3 is 0 Å². The van der Waals surface area contributed by atoms with E-state index in [1.165, 1.54) is 0 Å². The third kappa shape index (κ3) is 2.27. The highest BCUT2D eigenvalue weighted by Gasteiger charge is 2.11. The van der Waals surface area contributed by atoms with Crippen LogP contribution in [0.15, 0.2) is 35.1 Å². The number of anilines is 1. The van der Waals surface area contributed by atoms with Gasteiger partial charge in [0.2, 0.25) is 0 Å². The highest BCUT2D eigenvalue weighted by Crippen LogP contribution is 2.26. The van der Waals surface area contributed by atoms with Gasteiger partial charge in [-0.25, -0.2) is 9.97 Å². The van der Waals surface area contributed by atoms with Crippen LogP contribution in [0.2, 0.25) is 0 Å². The molecule has 3 aromatic heterocycles. The monoisotopic (exact) mass is 270 g/mol. The fourth-order valence-corrected chi connectivity index (χ4v) is 1.99. The van der Waals surface area contributed by atoms with Crippen LogP contribution in [0.3, 0.4) is 0 Å². The molecule has 0 aliphatic carbocycles. The van der Waals surface area contributed by atoms with E-state index >= 15 is 0 Å². The van der Waals surface area contributed by atoms with Crippen molar-refractivity contribution in [2.45, 2.75) is 13.5 Å². The summed E-state index contributed by atoms with van der Waals surface area (Å²) in [6.07, 6.45) is 3.32. The molecule has 0 spiro atoms. The molecule has 20 heavy (non-hydrogen) atoms. The van der Waals surface area contributed by atoms with Crippen LogP contribution in [0.4, 0.5) is 5.82 Å². The number of nitrogens with one attached hydrogen (secondary N) is 1. The SMILES string of the molecule is COc1ccnc2c(NCc3ccco3)nc(C)nc12. The molecule has 3 heterocycles. The van der Waals surface area contributed by atoms with Crippen molar-refractivity contribution in [1.82, 2.24) is 15.0 Å². The molecule has 0 atom stereocenters. The van der Waals surface area contributed by atoms with E-state index in [0.29, 0.717) is 35.0 Å². The highest BCUT2D eigenvalue weighted by molar-refractivity contribution is 5.89. The quantitative estimate of drug-likeness (QED) is 0.785. The predicted octanol–water partition coefficient (Wildman–Crippen LogP) is 2.55. The zero-order valence-corrected chi connectivity index (χ0v) is 11.3. The molecule has 6 heteroatoms. The van der Waals surface area contributed by atoms with E-state index in [-0.39, 0.29) is 0 Å². The lowest BCUT2D eigenvalue weighted by Gasteiger charge is -2.09. The summed E-state index contributed by atoms with van der Waals surface area (Å²) >= 11 is 0. The number of aryl methyl sites for hydroxylation is 1. The van der Waals surface area contributed by atoms with Crippen molar-refractivity contribution in [2.24, 2.45) is 0 Å². The molecule has 102 valence electrons. The maximum Gasteiger partial charge on any atom is 0.156 e. The van der Waals surface area contributed by atoms with E-state index in [9.17, 15) is 0 Å². The minimum absolute atomic E-state index is 0.539. The first kappa shape index (κ1) is 12.4. The highest BCUT2D eigenvalue weighted by atomic mass is 16.5. The van der Waals surface area contributed by atoms with Gasteiger partial charge < -0.3 is 14.5 Å². The van der Waals surface area contributed by atoms with E-state index < -0.39 is 0 Å². The second-order valence-electron chi connectivity index (χ2n) is 4.26. The van der Waals surface area contributed by atoms with Gasteiger partial charge in [0.05, 0.1) is 19.9 Å². The number of ether oxygens (including phenoxy) is 1. The lowest BCUT2D eigenvalue weighted by Crippen LogP contribution is -2.05. The lowest BCUT2D eigenvalue weighted by atomic mass is 10.3. The summed E-state index contributed by atoms with van der Waals surface area (Å²) in [6, 6.07) is 5.53. The van der Waals surface area contributed by atoms with Crippen molar-refractivity contribution >= 4 is 16.9 Å². The third-order valence-electron chi connectivity index (χ3n) is 2.89. The van der Waals surface area contributed by atoms with E-state index in [4.69, 9.17) is 9.15 Å². The zero-order chi connectivity index (χ0) is 13.9. The number of rotatable bonds is 4. The van der Waals surface area contributed by atoms with E-state index in [1.54, 1.807) is 25.6 Å². The minimum Gasteiger partial charge on any atom is -0.494 e. The molecule has 3 aromatic rings. The summed E-state index contributed by atoms with van der Waals surface area (Å²) < 4.78 is 10.6. The summed E-state index contributed by atoms with van der Waals surface area (Å²) in [5.41, 5.74) is 1.38. The van der Waals surface area contributed by atoms with Gasteiger partial charge in [-0.2, -0.15) is 0 Å². The van der Waals surface area contributed by atoms with Gasteiger partial charge in [0.25, 0.3) is 0 Å². The first-order valence-electron chi connectivity index (χ1n) is 6.21. The maximum absolute atomic E-state index is 5.31. The van der Waals surface area contributed by atoms with Crippen LogP contribution in [0.25, 0.3) is 11.0 Å². The molecule has 0 aromatic carbocycles. The number of aromatic nitrogens is 3. The maximum atomic E-state index is 5.31. The Kier molecular flexibility index (Phi) is 3.20. The van der Waals surface area contributed by atoms with Crippen molar-refractivity contribution in [1.29, 1.82) is 0 Å². The van der Waals surface area contributed by atoms with E-state index in [0.717, 1.165) is 5.76 Å².